The van der Waals surface area contributed by atoms with Crippen LogP contribution in [0.1, 0.15) is 29.0 Å². The first-order chi connectivity index (χ1) is 24.2. The molecule has 2 heterocycles. The summed E-state index contributed by atoms with van der Waals surface area (Å²) in [4.78, 5) is 2.47. The minimum atomic E-state index is 0.262. The molecule has 0 amide bonds. The molecule has 2 aliphatic rings. The van der Waals surface area contributed by atoms with E-state index in [-0.39, 0.29) is 6.04 Å². The lowest BCUT2D eigenvalue weighted by Gasteiger charge is -2.28. The Hall–Kier alpha value is -6.62. The predicted molar refractivity (Wildman–Crippen MR) is 199 cm³/mol. The summed E-state index contributed by atoms with van der Waals surface area (Å²) in [5.74, 6) is 0.421. The maximum absolute atomic E-state index is 10.5. The van der Waals surface area contributed by atoms with Crippen LogP contribution in [-0.2, 0) is 0 Å². The predicted octanol–water partition coefficient (Wildman–Crippen LogP) is 11.0. The Bertz CT molecular complexity index is 2520. The molecular weight excluding hydrogens is 597 g/mol. The molecule has 0 bridgehead atoms. The van der Waals surface area contributed by atoms with E-state index in [1.165, 1.54) is 11.3 Å². The Morgan fingerprint density at radius 3 is 2.06 bits per heavy atom. The molecule has 4 heteroatoms. The highest BCUT2D eigenvalue weighted by Gasteiger charge is 2.37. The molecule has 0 spiro atoms. The van der Waals surface area contributed by atoms with E-state index >= 15 is 0 Å². The molecule has 6 aromatic carbocycles. The van der Waals surface area contributed by atoms with Gasteiger partial charge in [-0.05, 0) is 77.2 Å². The maximum atomic E-state index is 10.5. The van der Waals surface area contributed by atoms with Crippen molar-refractivity contribution in [1.29, 1.82) is 10.5 Å². The SMILES string of the molecule is N#Cc1ccc(-n2c3ccccc3c3ccccc32)c(-c2cccc(-c3ccc(N4c5ccccc5C5CC=CC=CC54)cc3)c2)c1C#N. The van der Waals surface area contributed by atoms with Crippen molar-refractivity contribution >= 4 is 33.2 Å². The minimum absolute atomic E-state index is 0.262. The second kappa shape index (κ2) is 11.6. The molecule has 2 unspecified atom stereocenters. The highest BCUT2D eigenvalue weighted by molar-refractivity contribution is 6.10. The van der Waals surface area contributed by atoms with Gasteiger partial charge in [-0.3, -0.25) is 0 Å². The van der Waals surface area contributed by atoms with Gasteiger partial charge in [-0.15, -0.1) is 0 Å². The summed E-state index contributed by atoms with van der Waals surface area (Å²) in [6.07, 6.45) is 9.95. The number of allylic oxidation sites excluding steroid dienone is 3. The fourth-order valence-corrected chi connectivity index (χ4v) is 7.95. The lowest BCUT2D eigenvalue weighted by molar-refractivity contribution is 0.652. The summed E-state index contributed by atoms with van der Waals surface area (Å²) in [6, 6.07) is 51.3. The molecule has 0 fully saturated rings. The largest absolute Gasteiger partial charge is 0.334 e. The fourth-order valence-electron chi connectivity index (χ4n) is 7.95. The van der Waals surface area contributed by atoms with Gasteiger partial charge in [0.15, 0.2) is 0 Å². The lowest BCUT2D eigenvalue weighted by atomic mass is 9.92. The Balaban J connectivity index is 1.17. The molecule has 2 atom stereocenters. The standard InChI is InChI=1S/C45H30N4/c46-28-33-23-26-44(49-42-19-8-5-15-37(42)38-16-6-9-20-43(38)49)45(39(33)29-47)32-12-10-11-31(27-32)30-21-24-34(25-22-30)48-40-17-3-1-2-13-35(40)36-14-4-7-18-41(36)48/h1-12,14-27,35,40H,13H2. The number of rotatable bonds is 4. The van der Waals surface area contributed by atoms with E-state index in [4.69, 9.17) is 0 Å². The Labute approximate surface area is 285 Å². The third-order valence-corrected chi connectivity index (χ3v) is 10.1. The highest BCUT2D eigenvalue weighted by Crippen LogP contribution is 2.48. The van der Waals surface area contributed by atoms with Gasteiger partial charge in [0.2, 0.25) is 0 Å². The van der Waals surface area contributed by atoms with Crippen molar-refractivity contribution in [2.24, 2.45) is 0 Å². The second-order valence-electron chi connectivity index (χ2n) is 12.7. The van der Waals surface area contributed by atoms with Crippen LogP contribution in [0.4, 0.5) is 11.4 Å². The molecule has 4 nitrogen and oxygen atoms in total. The molecule has 0 saturated heterocycles. The smallest absolute Gasteiger partial charge is 0.101 e. The Morgan fingerprint density at radius 2 is 1.31 bits per heavy atom. The quantitative estimate of drug-likeness (QED) is 0.195. The van der Waals surface area contributed by atoms with Gasteiger partial charge in [-0.2, -0.15) is 10.5 Å². The normalized spacial score (nSPS) is 16.2. The average Bonchev–Trinajstić information content (AvgIpc) is 3.54. The maximum Gasteiger partial charge on any atom is 0.101 e. The van der Waals surface area contributed by atoms with Crippen molar-refractivity contribution in [2.75, 3.05) is 4.90 Å². The molecule has 230 valence electrons. The van der Waals surface area contributed by atoms with E-state index in [2.05, 4.69) is 143 Å². The van der Waals surface area contributed by atoms with Crippen LogP contribution in [-0.4, -0.2) is 10.6 Å². The van der Waals surface area contributed by atoms with E-state index in [0.29, 0.717) is 17.0 Å². The van der Waals surface area contributed by atoms with E-state index in [9.17, 15) is 10.5 Å². The zero-order valence-corrected chi connectivity index (χ0v) is 26.7. The summed E-state index contributed by atoms with van der Waals surface area (Å²) >= 11 is 0. The van der Waals surface area contributed by atoms with Crippen molar-refractivity contribution in [3.05, 3.63) is 174 Å². The van der Waals surface area contributed by atoms with E-state index in [1.807, 2.05) is 30.3 Å². The third-order valence-electron chi connectivity index (χ3n) is 10.1. The summed E-state index contributed by atoms with van der Waals surface area (Å²) in [6.45, 7) is 0. The van der Waals surface area contributed by atoms with Crippen molar-refractivity contribution in [3.63, 3.8) is 0 Å². The molecule has 0 saturated carbocycles. The Kier molecular flexibility index (Phi) is 6.75. The van der Waals surface area contributed by atoms with E-state index in [0.717, 1.165) is 61.9 Å². The lowest BCUT2D eigenvalue weighted by Crippen LogP contribution is -2.27. The van der Waals surface area contributed by atoms with Crippen LogP contribution in [0.2, 0.25) is 0 Å². The zero-order valence-electron chi connectivity index (χ0n) is 26.7. The van der Waals surface area contributed by atoms with Gasteiger partial charge in [0.1, 0.15) is 12.1 Å². The van der Waals surface area contributed by atoms with Crippen molar-refractivity contribution in [1.82, 2.24) is 4.57 Å². The zero-order chi connectivity index (χ0) is 32.9. The second-order valence-corrected chi connectivity index (χ2v) is 12.7. The van der Waals surface area contributed by atoms with Gasteiger partial charge in [0.05, 0.1) is 33.9 Å². The van der Waals surface area contributed by atoms with Crippen molar-refractivity contribution in [2.45, 2.75) is 18.4 Å². The number of hydrogen-bond donors (Lipinski definition) is 0. The number of para-hydroxylation sites is 3. The number of hydrogen-bond acceptors (Lipinski definition) is 3. The molecule has 1 aliphatic carbocycles. The first-order valence-electron chi connectivity index (χ1n) is 16.6. The van der Waals surface area contributed by atoms with Gasteiger partial charge >= 0.3 is 0 Å². The van der Waals surface area contributed by atoms with E-state index < -0.39 is 0 Å². The van der Waals surface area contributed by atoms with Crippen LogP contribution in [0.15, 0.2) is 158 Å². The van der Waals surface area contributed by atoms with Crippen molar-refractivity contribution < 1.29 is 0 Å². The summed E-state index contributed by atoms with van der Waals surface area (Å²) in [7, 11) is 0. The van der Waals surface area contributed by atoms with Crippen LogP contribution in [0.25, 0.3) is 49.7 Å². The topological polar surface area (TPSA) is 55.8 Å². The Morgan fingerprint density at radius 1 is 0.592 bits per heavy atom. The molecular formula is C45H30N4. The summed E-state index contributed by atoms with van der Waals surface area (Å²) in [5.41, 5.74) is 11.3. The first-order valence-corrected chi connectivity index (χ1v) is 16.6. The highest BCUT2D eigenvalue weighted by atomic mass is 15.2. The summed E-state index contributed by atoms with van der Waals surface area (Å²) in [5, 5.41) is 22.9. The van der Waals surface area contributed by atoms with E-state index in [1.54, 1.807) is 6.07 Å². The average molecular weight is 627 g/mol. The molecule has 0 N–H and O–H groups in total. The molecule has 0 radical (unpaired) electrons. The third kappa shape index (κ3) is 4.50. The number of nitrogens with zero attached hydrogens (tertiary/aromatic N) is 4. The first kappa shape index (κ1) is 28.6. The monoisotopic (exact) mass is 626 g/mol. The van der Waals surface area contributed by atoms with Crippen LogP contribution in [0.3, 0.4) is 0 Å². The molecule has 1 aromatic heterocycles. The minimum Gasteiger partial charge on any atom is -0.334 e. The van der Waals surface area contributed by atoms with Crippen molar-refractivity contribution in [3.8, 4) is 40.1 Å². The van der Waals surface area contributed by atoms with Crippen LogP contribution in [0, 0.1) is 22.7 Å². The molecule has 1 aliphatic heterocycles. The van der Waals surface area contributed by atoms with Gasteiger partial charge in [-0.1, -0.05) is 109 Å². The molecule has 9 rings (SSSR count). The van der Waals surface area contributed by atoms with Crippen LogP contribution >= 0.6 is 0 Å². The fraction of sp³-hybridized carbons (Fsp3) is 0.0667. The van der Waals surface area contributed by atoms with Crippen LogP contribution < -0.4 is 4.90 Å². The molecule has 49 heavy (non-hydrogen) atoms. The van der Waals surface area contributed by atoms with Gasteiger partial charge in [0, 0.05) is 33.6 Å². The number of aromatic nitrogens is 1. The number of fused-ring (bicyclic) bond motifs is 6. The van der Waals surface area contributed by atoms with Crippen LogP contribution in [0.5, 0.6) is 0 Å². The number of nitriles is 2. The van der Waals surface area contributed by atoms with Gasteiger partial charge in [-0.25, -0.2) is 0 Å². The molecule has 7 aromatic rings. The summed E-state index contributed by atoms with van der Waals surface area (Å²) < 4.78 is 2.22. The van der Waals surface area contributed by atoms with Gasteiger partial charge < -0.3 is 9.47 Å². The number of anilines is 2. The van der Waals surface area contributed by atoms with Gasteiger partial charge in [0.25, 0.3) is 0 Å². The number of benzene rings is 6.